The van der Waals surface area contributed by atoms with Crippen molar-refractivity contribution in [2.45, 2.75) is 20.0 Å². The SMILES string of the molecule is Cc1nccn1CCn1cc(Cl)c(=O)[nH]c1=O. The fourth-order valence-electron chi connectivity index (χ4n) is 1.50. The van der Waals surface area contributed by atoms with Gasteiger partial charge in [0.15, 0.2) is 0 Å². The van der Waals surface area contributed by atoms with Gasteiger partial charge in [-0.3, -0.25) is 14.3 Å². The van der Waals surface area contributed by atoms with E-state index in [1.807, 2.05) is 17.7 Å². The van der Waals surface area contributed by atoms with Crippen molar-refractivity contribution >= 4 is 11.6 Å². The van der Waals surface area contributed by atoms with E-state index < -0.39 is 11.2 Å². The van der Waals surface area contributed by atoms with Crippen molar-refractivity contribution in [2.24, 2.45) is 0 Å². The molecule has 0 fully saturated rings. The van der Waals surface area contributed by atoms with Crippen molar-refractivity contribution in [1.82, 2.24) is 19.1 Å². The van der Waals surface area contributed by atoms with E-state index in [1.54, 1.807) is 6.20 Å². The molecule has 0 saturated carbocycles. The minimum absolute atomic E-state index is 0.00644. The predicted molar refractivity (Wildman–Crippen MR) is 63.3 cm³/mol. The third-order valence-electron chi connectivity index (χ3n) is 2.47. The zero-order valence-corrected chi connectivity index (χ0v) is 9.94. The Morgan fingerprint density at radius 2 is 2.06 bits per heavy atom. The van der Waals surface area contributed by atoms with Crippen LogP contribution in [-0.2, 0) is 13.1 Å². The van der Waals surface area contributed by atoms with Crippen LogP contribution in [0.4, 0.5) is 0 Å². The number of imidazole rings is 1. The van der Waals surface area contributed by atoms with E-state index in [0.29, 0.717) is 13.1 Å². The number of aryl methyl sites for hydroxylation is 3. The molecule has 2 aromatic heterocycles. The molecule has 0 aliphatic heterocycles. The molecular weight excluding hydrogens is 244 g/mol. The van der Waals surface area contributed by atoms with E-state index in [4.69, 9.17) is 11.6 Å². The van der Waals surface area contributed by atoms with E-state index in [0.717, 1.165) is 5.82 Å². The Kier molecular flexibility index (Phi) is 3.14. The summed E-state index contributed by atoms with van der Waals surface area (Å²) in [5.41, 5.74) is -1.02. The van der Waals surface area contributed by atoms with Crippen LogP contribution in [-0.4, -0.2) is 19.1 Å². The molecule has 0 unspecified atom stereocenters. The first-order valence-corrected chi connectivity index (χ1v) is 5.43. The number of aromatic nitrogens is 4. The molecule has 0 atom stereocenters. The van der Waals surface area contributed by atoms with Gasteiger partial charge >= 0.3 is 5.69 Å². The smallest absolute Gasteiger partial charge is 0.328 e. The highest BCUT2D eigenvalue weighted by Crippen LogP contribution is 1.98. The summed E-state index contributed by atoms with van der Waals surface area (Å²) in [5.74, 6) is 0.869. The summed E-state index contributed by atoms with van der Waals surface area (Å²) in [6, 6.07) is 0. The maximum atomic E-state index is 11.5. The monoisotopic (exact) mass is 254 g/mol. The number of hydrogen-bond acceptors (Lipinski definition) is 3. The fraction of sp³-hybridized carbons (Fsp3) is 0.300. The summed E-state index contributed by atoms with van der Waals surface area (Å²) in [7, 11) is 0. The topological polar surface area (TPSA) is 72.7 Å². The van der Waals surface area contributed by atoms with Gasteiger partial charge in [-0.05, 0) is 6.92 Å². The van der Waals surface area contributed by atoms with E-state index in [-0.39, 0.29) is 5.02 Å². The number of hydrogen-bond donors (Lipinski definition) is 1. The van der Waals surface area contributed by atoms with Gasteiger partial charge < -0.3 is 4.57 Å². The molecule has 0 amide bonds. The largest absolute Gasteiger partial charge is 0.333 e. The standard InChI is InChI=1S/C10H11ClN4O2/c1-7-12-2-3-14(7)4-5-15-6-8(11)9(16)13-10(15)17/h2-3,6H,4-5H2,1H3,(H,13,16,17). The highest BCUT2D eigenvalue weighted by molar-refractivity contribution is 6.30. The summed E-state index contributed by atoms with van der Waals surface area (Å²) in [6.45, 7) is 2.89. The van der Waals surface area contributed by atoms with Crippen molar-refractivity contribution < 1.29 is 0 Å². The Morgan fingerprint density at radius 3 is 2.71 bits per heavy atom. The zero-order chi connectivity index (χ0) is 12.4. The lowest BCUT2D eigenvalue weighted by molar-refractivity contribution is 0.545. The lowest BCUT2D eigenvalue weighted by Gasteiger charge is -2.07. The molecular formula is C10H11ClN4O2. The first-order chi connectivity index (χ1) is 8.08. The van der Waals surface area contributed by atoms with E-state index in [9.17, 15) is 9.59 Å². The van der Waals surface area contributed by atoms with Crippen LogP contribution < -0.4 is 11.2 Å². The van der Waals surface area contributed by atoms with Crippen LogP contribution in [0, 0.1) is 6.92 Å². The maximum absolute atomic E-state index is 11.5. The summed E-state index contributed by atoms with van der Waals surface area (Å²) >= 11 is 5.66. The number of nitrogens with zero attached hydrogens (tertiary/aromatic N) is 3. The lowest BCUT2D eigenvalue weighted by atomic mass is 10.5. The van der Waals surface area contributed by atoms with Gasteiger partial charge in [0.25, 0.3) is 5.56 Å². The first-order valence-electron chi connectivity index (χ1n) is 5.05. The van der Waals surface area contributed by atoms with Crippen LogP contribution in [0.1, 0.15) is 5.82 Å². The number of rotatable bonds is 3. The minimum Gasteiger partial charge on any atom is -0.333 e. The molecule has 0 radical (unpaired) electrons. The van der Waals surface area contributed by atoms with Crippen molar-refractivity contribution in [2.75, 3.05) is 0 Å². The normalized spacial score (nSPS) is 10.7. The number of nitrogens with one attached hydrogen (secondary N) is 1. The Bertz CT molecular complexity index is 640. The van der Waals surface area contributed by atoms with Crippen LogP contribution in [0.2, 0.25) is 5.02 Å². The Balaban J connectivity index is 2.20. The summed E-state index contributed by atoms with van der Waals surface area (Å²) in [6.07, 6.45) is 4.86. The van der Waals surface area contributed by atoms with Crippen molar-refractivity contribution in [1.29, 1.82) is 0 Å². The van der Waals surface area contributed by atoms with Crippen LogP contribution in [0.25, 0.3) is 0 Å². The summed E-state index contributed by atoms with van der Waals surface area (Å²) in [5, 5.41) is 0.00644. The molecule has 17 heavy (non-hydrogen) atoms. The molecule has 0 aromatic carbocycles. The number of H-pyrrole nitrogens is 1. The van der Waals surface area contributed by atoms with Gasteiger partial charge in [-0.1, -0.05) is 11.6 Å². The Labute approximate surface area is 101 Å². The maximum Gasteiger partial charge on any atom is 0.328 e. The molecule has 0 aliphatic rings. The molecule has 0 aliphatic carbocycles. The molecule has 2 rings (SSSR count). The van der Waals surface area contributed by atoms with Gasteiger partial charge in [-0.2, -0.15) is 0 Å². The first kappa shape index (κ1) is 11.7. The van der Waals surface area contributed by atoms with E-state index in [1.165, 1.54) is 10.8 Å². The van der Waals surface area contributed by atoms with Crippen molar-refractivity contribution in [3.8, 4) is 0 Å². The van der Waals surface area contributed by atoms with Crippen LogP contribution in [0.3, 0.4) is 0 Å². The predicted octanol–water partition coefficient (Wildman–Crippen LogP) is 0.395. The highest BCUT2D eigenvalue weighted by atomic mass is 35.5. The molecule has 1 N–H and O–H groups in total. The third kappa shape index (κ3) is 2.47. The molecule has 90 valence electrons. The zero-order valence-electron chi connectivity index (χ0n) is 9.18. The second-order valence-corrected chi connectivity index (χ2v) is 4.00. The van der Waals surface area contributed by atoms with Gasteiger partial charge in [0.2, 0.25) is 0 Å². The summed E-state index contributed by atoms with van der Waals surface area (Å²) < 4.78 is 3.27. The Morgan fingerprint density at radius 1 is 1.35 bits per heavy atom. The quantitative estimate of drug-likeness (QED) is 0.862. The molecule has 0 bridgehead atoms. The molecule has 6 nitrogen and oxygen atoms in total. The molecule has 0 saturated heterocycles. The third-order valence-corrected chi connectivity index (χ3v) is 2.74. The van der Waals surface area contributed by atoms with E-state index >= 15 is 0 Å². The minimum atomic E-state index is -0.563. The van der Waals surface area contributed by atoms with Crippen LogP contribution in [0.5, 0.6) is 0 Å². The molecule has 7 heteroatoms. The van der Waals surface area contributed by atoms with Crippen molar-refractivity contribution in [3.05, 3.63) is 50.3 Å². The number of aromatic amines is 1. The van der Waals surface area contributed by atoms with Crippen LogP contribution >= 0.6 is 11.6 Å². The average molecular weight is 255 g/mol. The number of halogens is 1. The van der Waals surface area contributed by atoms with E-state index in [2.05, 4.69) is 9.97 Å². The van der Waals surface area contributed by atoms with Gasteiger partial charge in [0, 0.05) is 31.7 Å². The van der Waals surface area contributed by atoms with Gasteiger partial charge in [0.1, 0.15) is 10.8 Å². The molecule has 0 spiro atoms. The Hall–Kier alpha value is -1.82. The van der Waals surface area contributed by atoms with Gasteiger partial charge in [-0.25, -0.2) is 9.78 Å². The van der Waals surface area contributed by atoms with Crippen LogP contribution in [0.15, 0.2) is 28.2 Å². The van der Waals surface area contributed by atoms with Crippen molar-refractivity contribution in [3.63, 3.8) is 0 Å². The second-order valence-electron chi connectivity index (χ2n) is 3.60. The summed E-state index contributed by atoms with van der Waals surface area (Å²) in [4.78, 5) is 28.7. The van der Waals surface area contributed by atoms with Gasteiger partial charge in [-0.15, -0.1) is 0 Å². The second kappa shape index (κ2) is 4.58. The van der Waals surface area contributed by atoms with Gasteiger partial charge in [0.05, 0.1) is 0 Å². The molecule has 2 heterocycles. The average Bonchev–Trinajstić information content (AvgIpc) is 2.68. The molecule has 2 aromatic rings. The lowest BCUT2D eigenvalue weighted by Crippen LogP contribution is -2.30. The fourth-order valence-corrected chi connectivity index (χ4v) is 1.67. The highest BCUT2D eigenvalue weighted by Gasteiger charge is 2.03.